The Hall–Kier alpha value is -5.80. The summed E-state index contributed by atoms with van der Waals surface area (Å²) in [6.45, 7) is 12.7. The van der Waals surface area contributed by atoms with Crippen molar-refractivity contribution >= 4 is 40.6 Å². The average molecular weight is 865 g/mol. The van der Waals surface area contributed by atoms with Crippen LogP contribution in [0.5, 0.6) is 5.75 Å². The summed E-state index contributed by atoms with van der Waals surface area (Å²) in [6, 6.07) is 12.1. The van der Waals surface area contributed by atoms with Crippen LogP contribution in [0.1, 0.15) is 90.2 Å². The molecule has 2 aliphatic heterocycles. The summed E-state index contributed by atoms with van der Waals surface area (Å²) in [4.78, 5) is 74.4. The van der Waals surface area contributed by atoms with E-state index in [9.17, 15) is 34.2 Å². The minimum Gasteiger partial charge on any atom is -0.508 e. The minimum atomic E-state index is -1.57. The second kappa shape index (κ2) is 17.8. The number of ether oxygens (including phenoxy) is 2. The highest BCUT2D eigenvalue weighted by Crippen LogP contribution is 2.48. The molecule has 7 rings (SSSR count). The lowest BCUT2D eigenvalue weighted by atomic mass is 9.84. The number of pyridine rings is 1. The Labute approximate surface area is 368 Å². The number of phenols is 1. The predicted octanol–water partition coefficient (Wildman–Crippen LogP) is 5.80. The van der Waals surface area contributed by atoms with Crippen molar-refractivity contribution in [3.63, 3.8) is 0 Å². The molecule has 15 nitrogen and oxygen atoms in total. The van der Waals surface area contributed by atoms with E-state index >= 15 is 0 Å². The number of hydrogen-bond acceptors (Lipinski definition) is 10. The van der Waals surface area contributed by atoms with Crippen LogP contribution in [0.2, 0.25) is 0 Å². The number of aliphatic carboxylic acids is 1. The lowest BCUT2D eigenvalue weighted by molar-refractivity contribution is -0.156. The van der Waals surface area contributed by atoms with Crippen molar-refractivity contribution in [3.8, 4) is 28.1 Å². The molecule has 336 valence electrons. The number of likely N-dealkylation sites (N-methyl/N-ethyl adjacent to an activating group) is 1. The molecular formula is C48H60N6O9. The minimum absolute atomic E-state index is 0.0380. The monoisotopic (exact) mass is 864 g/mol. The molecule has 3 aliphatic rings. The molecule has 4 aromatic rings. The van der Waals surface area contributed by atoms with Gasteiger partial charge in [-0.3, -0.25) is 34.0 Å². The number of esters is 1. The van der Waals surface area contributed by atoms with Crippen molar-refractivity contribution < 1.29 is 43.7 Å². The van der Waals surface area contributed by atoms with Crippen LogP contribution in [0.25, 0.3) is 33.3 Å². The standard InChI is InChI=1S/C48H60N6O9/c1-9-53-38-15-14-30-24-34(38)35(41(53)33-12-10-18-49-39(33)28(4)62-8)25-47(5,6)26-63-44(58)36-13-11-19-54(51-36)43(57)37(22-29-20-31(30)23-32(55)21-29)50-42(56)40(27(2)3)52(7)45(59)48(16-17-48)46(60)61/h10,12,14-15,18,20-21,23-24,27-28,36-37,40,51,55H,9,11,13,16-17,19,22,25-26H2,1-8H3,(H,50,56)(H,60,61)/t28-,36-,37-,40?/m0/s1. The number of nitrogens with one attached hydrogen (secondary N) is 2. The number of methoxy groups -OCH3 is 1. The molecule has 1 saturated heterocycles. The number of cyclic esters (lactones) is 1. The molecule has 3 amide bonds. The van der Waals surface area contributed by atoms with E-state index in [1.54, 1.807) is 39.3 Å². The van der Waals surface area contributed by atoms with E-state index in [4.69, 9.17) is 14.5 Å². The molecule has 1 unspecified atom stereocenters. The Kier molecular flexibility index (Phi) is 12.7. The summed E-state index contributed by atoms with van der Waals surface area (Å²) in [7, 11) is 3.08. The van der Waals surface area contributed by atoms with Gasteiger partial charge in [-0.1, -0.05) is 39.8 Å². The van der Waals surface area contributed by atoms with E-state index < -0.39 is 64.5 Å². The lowest BCUT2D eigenvalue weighted by Crippen LogP contribution is -2.62. The highest BCUT2D eigenvalue weighted by Gasteiger charge is 2.59. The van der Waals surface area contributed by atoms with Crippen LogP contribution in [0.4, 0.5) is 0 Å². The summed E-state index contributed by atoms with van der Waals surface area (Å²) >= 11 is 0. The number of benzene rings is 2. The van der Waals surface area contributed by atoms with Crippen molar-refractivity contribution in [3.05, 3.63) is 71.5 Å². The zero-order chi connectivity index (χ0) is 45.5. The molecule has 15 heteroatoms. The summed E-state index contributed by atoms with van der Waals surface area (Å²) in [5.74, 6) is -4.04. The second-order valence-electron chi connectivity index (χ2n) is 18.5. The molecule has 2 aromatic heterocycles. The van der Waals surface area contributed by atoms with Gasteiger partial charge in [-0.15, -0.1) is 0 Å². The Balaban J connectivity index is 1.35. The summed E-state index contributed by atoms with van der Waals surface area (Å²) in [5, 5.41) is 26.4. The van der Waals surface area contributed by atoms with Gasteiger partial charge < -0.3 is 34.5 Å². The SMILES string of the molecule is CCn1c(-c2cccnc2[C@H](C)OC)c2c3cc(ccc31)-c1cc(O)cc(c1)C[C@H](NC(=O)C(C(C)C)N(C)C(=O)C1(C(=O)O)CC1)C(=O)N1CCC[C@H](N1)C(=O)OCC(C)(C)C2. The van der Waals surface area contributed by atoms with Gasteiger partial charge in [-0.05, 0) is 111 Å². The van der Waals surface area contributed by atoms with Crippen molar-refractivity contribution in [2.45, 2.75) is 111 Å². The number of carbonyl (C=O) groups excluding carboxylic acids is 4. The van der Waals surface area contributed by atoms with Gasteiger partial charge in [0.2, 0.25) is 11.8 Å². The first-order valence-electron chi connectivity index (χ1n) is 21.9. The topological polar surface area (TPSA) is 193 Å². The normalized spacial score (nSPS) is 20.7. The van der Waals surface area contributed by atoms with Crippen molar-refractivity contribution in [1.82, 2.24) is 30.2 Å². The number of nitrogens with zero attached hydrogens (tertiary/aromatic N) is 4. The Morgan fingerprint density at radius 3 is 2.49 bits per heavy atom. The fourth-order valence-corrected chi connectivity index (χ4v) is 9.36. The first-order chi connectivity index (χ1) is 29.9. The van der Waals surface area contributed by atoms with E-state index in [0.29, 0.717) is 36.9 Å². The third-order valence-corrected chi connectivity index (χ3v) is 12.9. The number of amides is 3. The van der Waals surface area contributed by atoms with E-state index in [1.165, 1.54) is 17.0 Å². The number of hydrogen-bond donors (Lipinski definition) is 4. The molecule has 1 aliphatic carbocycles. The zero-order valence-electron chi connectivity index (χ0n) is 37.5. The summed E-state index contributed by atoms with van der Waals surface area (Å²) in [6.07, 6.45) is 3.21. The van der Waals surface area contributed by atoms with Crippen molar-refractivity contribution in [2.24, 2.45) is 16.7 Å². The van der Waals surface area contributed by atoms with Crippen LogP contribution < -0.4 is 10.7 Å². The van der Waals surface area contributed by atoms with Gasteiger partial charge in [0.15, 0.2) is 0 Å². The fraction of sp³-hybridized carbons (Fsp3) is 0.500. The zero-order valence-corrected chi connectivity index (χ0v) is 37.5. The summed E-state index contributed by atoms with van der Waals surface area (Å²) in [5.41, 5.74) is 7.76. The number of phenolic OH excluding ortho intramolecular Hbond substituents is 1. The number of carbonyl (C=O) groups is 5. The van der Waals surface area contributed by atoms with Gasteiger partial charge in [-0.2, -0.15) is 0 Å². The number of rotatable bonds is 10. The predicted molar refractivity (Wildman–Crippen MR) is 236 cm³/mol. The fourth-order valence-electron chi connectivity index (χ4n) is 9.36. The maximum absolute atomic E-state index is 14.6. The second-order valence-corrected chi connectivity index (χ2v) is 18.5. The first kappa shape index (κ1) is 45.2. The van der Waals surface area contributed by atoms with E-state index in [1.807, 2.05) is 25.1 Å². The van der Waals surface area contributed by atoms with Gasteiger partial charge in [-0.25, -0.2) is 5.43 Å². The van der Waals surface area contributed by atoms with E-state index in [-0.39, 0.29) is 44.3 Å². The van der Waals surface area contributed by atoms with E-state index in [2.05, 4.69) is 54.3 Å². The third kappa shape index (κ3) is 8.90. The van der Waals surface area contributed by atoms with Crippen LogP contribution in [0.15, 0.2) is 54.7 Å². The van der Waals surface area contributed by atoms with Crippen LogP contribution in [0, 0.1) is 16.7 Å². The molecule has 4 heterocycles. The third-order valence-electron chi connectivity index (χ3n) is 12.9. The molecule has 2 fully saturated rings. The average Bonchev–Trinajstić information content (AvgIpc) is 4.02. The largest absolute Gasteiger partial charge is 0.508 e. The van der Waals surface area contributed by atoms with Gasteiger partial charge in [0, 0.05) is 61.7 Å². The number of hydrazine groups is 1. The maximum Gasteiger partial charge on any atom is 0.324 e. The van der Waals surface area contributed by atoms with Gasteiger partial charge in [0.25, 0.3) is 5.91 Å². The van der Waals surface area contributed by atoms with Crippen LogP contribution in [-0.4, -0.2) is 105 Å². The van der Waals surface area contributed by atoms with E-state index in [0.717, 1.165) is 39.0 Å². The number of aromatic hydroxyl groups is 1. The molecule has 4 N–H and O–H groups in total. The number of aryl methyl sites for hydroxylation is 1. The highest BCUT2D eigenvalue weighted by atomic mass is 16.5. The summed E-state index contributed by atoms with van der Waals surface area (Å²) < 4.78 is 14.1. The van der Waals surface area contributed by atoms with Gasteiger partial charge in [0.1, 0.15) is 29.3 Å². The van der Waals surface area contributed by atoms with Crippen LogP contribution >= 0.6 is 0 Å². The highest BCUT2D eigenvalue weighted by molar-refractivity contribution is 6.06. The molecular weight excluding hydrogens is 805 g/mol. The molecule has 1 saturated carbocycles. The molecule has 6 bridgehead atoms. The number of carboxylic acids is 1. The Morgan fingerprint density at radius 2 is 1.83 bits per heavy atom. The van der Waals surface area contributed by atoms with Gasteiger partial charge in [0.05, 0.1) is 24.1 Å². The molecule has 4 atom stereocenters. The van der Waals surface area contributed by atoms with Crippen molar-refractivity contribution in [1.29, 1.82) is 0 Å². The molecule has 63 heavy (non-hydrogen) atoms. The van der Waals surface area contributed by atoms with Gasteiger partial charge >= 0.3 is 11.9 Å². The number of fused-ring (bicyclic) bond motifs is 6. The smallest absolute Gasteiger partial charge is 0.324 e. The lowest BCUT2D eigenvalue weighted by Gasteiger charge is -2.37. The van der Waals surface area contributed by atoms with Crippen LogP contribution in [0.3, 0.4) is 0 Å². The molecule has 0 spiro atoms. The number of aromatic nitrogens is 2. The van der Waals surface area contributed by atoms with Crippen molar-refractivity contribution in [2.75, 3.05) is 27.3 Å². The Bertz CT molecular complexity index is 2440. The first-order valence-corrected chi connectivity index (χ1v) is 21.9. The Morgan fingerprint density at radius 1 is 1.08 bits per heavy atom. The molecule has 2 aromatic carbocycles. The number of carboxylic acid groups (broad SMARTS) is 1. The maximum atomic E-state index is 14.6. The quantitative estimate of drug-likeness (QED) is 0.111. The van der Waals surface area contributed by atoms with Crippen LogP contribution in [-0.2, 0) is 52.8 Å². The molecule has 0 radical (unpaired) electrons.